The third-order valence-electron chi connectivity index (χ3n) is 3.41. The Morgan fingerprint density at radius 3 is 2.61 bits per heavy atom. The molecular weight excluding hydrogens is 288 g/mol. The minimum atomic E-state index is 0.296. The molecule has 98 valence electrons. The van der Waals surface area contributed by atoms with E-state index in [9.17, 15) is 0 Å². The van der Waals surface area contributed by atoms with E-state index in [0.29, 0.717) is 10.2 Å². The predicted molar refractivity (Wildman–Crippen MR) is 81.2 cm³/mol. The quantitative estimate of drug-likeness (QED) is 0.772. The van der Waals surface area contributed by atoms with Crippen LogP contribution in [-0.2, 0) is 13.5 Å². The van der Waals surface area contributed by atoms with E-state index in [-0.39, 0.29) is 0 Å². The molecule has 0 N–H and O–H groups in total. The van der Waals surface area contributed by atoms with E-state index in [2.05, 4.69) is 66.1 Å². The van der Waals surface area contributed by atoms with Crippen LogP contribution in [-0.4, -0.2) is 14.6 Å². The summed E-state index contributed by atoms with van der Waals surface area (Å²) in [5.74, 6) is 0. The second kappa shape index (κ2) is 5.04. The zero-order valence-corrected chi connectivity index (χ0v) is 13.2. The van der Waals surface area contributed by atoms with Crippen molar-refractivity contribution in [3.63, 3.8) is 0 Å². The number of nitrogens with zero attached hydrogens (tertiary/aromatic N) is 2. The van der Waals surface area contributed by atoms with Crippen molar-refractivity contribution in [1.29, 1.82) is 0 Å². The molecular formula is C15H21BrN2. The average Bonchev–Trinajstić information content (AvgIpc) is 2.63. The van der Waals surface area contributed by atoms with Crippen LogP contribution in [0.3, 0.4) is 0 Å². The lowest BCUT2D eigenvalue weighted by molar-refractivity contribution is 0.385. The Balaban J connectivity index is 2.18. The second-order valence-corrected chi connectivity index (χ2v) is 7.07. The average molecular weight is 309 g/mol. The van der Waals surface area contributed by atoms with Gasteiger partial charge < -0.3 is 0 Å². The van der Waals surface area contributed by atoms with Gasteiger partial charge in [-0.1, -0.05) is 54.9 Å². The van der Waals surface area contributed by atoms with Crippen molar-refractivity contribution in [3.05, 3.63) is 30.0 Å². The highest BCUT2D eigenvalue weighted by atomic mass is 79.9. The predicted octanol–water partition coefficient (Wildman–Crippen LogP) is 4.32. The van der Waals surface area contributed by atoms with E-state index in [0.717, 1.165) is 12.8 Å². The Morgan fingerprint density at radius 2 is 1.94 bits per heavy atom. The molecule has 0 saturated heterocycles. The number of hydrogen-bond acceptors (Lipinski definition) is 1. The molecule has 0 aliphatic carbocycles. The number of para-hydroxylation sites is 1. The number of alkyl halides is 1. The van der Waals surface area contributed by atoms with Gasteiger partial charge in [0.25, 0.3) is 0 Å². The first-order valence-electron chi connectivity index (χ1n) is 6.44. The number of benzene rings is 1. The Hall–Kier alpha value is -0.830. The van der Waals surface area contributed by atoms with E-state index in [1.807, 2.05) is 11.7 Å². The number of fused-ring (bicyclic) bond motifs is 1. The van der Waals surface area contributed by atoms with E-state index in [1.54, 1.807) is 0 Å². The maximum atomic E-state index is 4.64. The third kappa shape index (κ3) is 2.77. The van der Waals surface area contributed by atoms with Gasteiger partial charge in [0, 0.05) is 17.3 Å². The van der Waals surface area contributed by atoms with Gasteiger partial charge in [-0.2, -0.15) is 5.10 Å². The van der Waals surface area contributed by atoms with Gasteiger partial charge >= 0.3 is 0 Å². The molecule has 1 aromatic heterocycles. The van der Waals surface area contributed by atoms with Gasteiger partial charge in [0.05, 0.1) is 11.2 Å². The first-order valence-corrected chi connectivity index (χ1v) is 7.36. The molecule has 0 aliphatic rings. The lowest BCUT2D eigenvalue weighted by atomic mass is 9.89. The monoisotopic (exact) mass is 308 g/mol. The number of aryl methyl sites for hydroxylation is 2. The summed E-state index contributed by atoms with van der Waals surface area (Å²) in [4.78, 5) is 0.519. The van der Waals surface area contributed by atoms with Crippen LogP contribution in [0.5, 0.6) is 0 Å². The number of aromatic nitrogens is 2. The summed E-state index contributed by atoms with van der Waals surface area (Å²) >= 11 is 3.79. The molecule has 0 bridgehead atoms. The van der Waals surface area contributed by atoms with Gasteiger partial charge in [0.15, 0.2) is 0 Å². The third-order valence-corrected chi connectivity index (χ3v) is 5.24. The summed E-state index contributed by atoms with van der Waals surface area (Å²) in [6.45, 7) is 6.80. The fourth-order valence-electron chi connectivity index (χ4n) is 2.17. The highest BCUT2D eigenvalue weighted by Crippen LogP contribution is 2.30. The van der Waals surface area contributed by atoms with Gasteiger partial charge in [0.2, 0.25) is 0 Å². The smallest absolute Gasteiger partial charge is 0.0703 e. The van der Waals surface area contributed by atoms with Gasteiger partial charge in [-0.3, -0.25) is 4.68 Å². The Kier molecular flexibility index (Phi) is 3.81. The minimum Gasteiger partial charge on any atom is -0.268 e. The molecule has 0 spiro atoms. The fourth-order valence-corrected chi connectivity index (χ4v) is 2.40. The second-order valence-electron chi connectivity index (χ2n) is 5.96. The summed E-state index contributed by atoms with van der Waals surface area (Å²) in [5, 5.41) is 5.93. The molecule has 0 fully saturated rings. The van der Waals surface area contributed by atoms with Gasteiger partial charge in [-0.25, -0.2) is 0 Å². The van der Waals surface area contributed by atoms with Crippen molar-refractivity contribution >= 4 is 26.8 Å². The van der Waals surface area contributed by atoms with Gasteiger partial charge in [0.1, 0.15) is 0 Å². The molecule has 1 aromatic carbocycles. The first-order chi connectivity index (χ1) is 8.39. The molecule has 1 heterocycles. The summed E-state index contributed by atoms with van der Waals surface area (Å²) in [6, 6.07) is 8.44. The topological polar surface area (TPSA) is 17.8 Å². The lowest BCUT2D eigenvalue weighted by Gasteiger charge is -2.25. The lowest BCUT2D eigenvalue weighted by Crippen LogP contribution is -2.20. The molecule has 1 atom stereocenters. The van der Waals surface area contributed by atoms with Crippen LogP contribution in [0.15, 0.2) is 24.3 Å². The maximum Gasteiger partial charge on any atom is 0.0703 e. The van der Waals surface area contributed by atoms with E-state index in [1.165, 1.54) is 16.6 Å². The minimum absolute atomic E-state index is 0.296. The van der Waals surface area contributed by atoms with Crippen LogP contribution in [0.4, 0.5) is 0 Å². The van der Waals surface area contributed by atoms with E-state index in [4.69, 9.17) is 0 Å². The van der Waals surface area contributed by atoms with Gasteiger partial charge in [-0.15, -0.1) is 0 Å². The summed E-state index contributed by atoms with van der Waals surface area (Å²) in [5.41, 5.74) is 2.72. The number of halogens is 1. The standard InChI is InChI=1S/C15H21BrN2/c1-15(2,3)14(16)10-9-12-11-7-5-6-8-13(11)18(4)17-12/h5-8,14H,9-10H2,1-4H3. The van der Waals surface area contributed by atoms with Crippen LogP contribution in [0, 0.1) is 5.41 Å². The van der Waals surface area contributed by atoms with Crippen molar-refractivity contribution in [3.8, 4) is 0 Å². The van der Waals surface area contributed by atoms with Crippen LogP contribution < -0.4 is 0 Å². The molecule has 0 amide bonds. The highest BCUT2D eigenvalue weighted by molar-refractivity contribution is 9.09. The van der Waals surface area contributed by atoms with Crippen LogP contribution in [0.1, 0.15) is 32.9 Å². The normalized spacial score (nSPS) is 14.1. The summed E-state index contributed by atoms with van der Waals surface area (Å²) in [6.07, 6.45) is 2.14. The van der Waals surface area contributed by atoms with Crippen LogP contribution >= 0.6 is 15.9 Å². The molecule has 3 heteroatoms. The molecule has 0 radical (unpaired) electrons. The van der Waals surface area contributed by atoms with Crippen molar-refractivity contribution in [2.45, 2.75) is 38.4 Å². The SMILES string of the molecule is Cn1nc(CCC(Br)C(C)(C)C)c2ccccc21. The van der Waals surface area contributed by atoms with E-state index >= 15 is 0 Å². The highest BCUT2D eigenvalue weighted by Gasteiger charge is 2.22. The van der Waals surface area contributed by atoms with Crippen molar-refractivity contribution in [2.24, 2.45) is 12.5 Å². The molecule has 18 heavy (non-hydrogen) atoms. The Bertz CT molecular complexity index is 537. The summed E-state index contributed by atoms with van der Waals surface area (Å²) in [7, 11) is 2.02. The zero-order chi connectivity index (χ0) is 13.3. The van der Waals surface area contributed by atoms with Crippen LogP contribution in [0.25, 0.3) is 10.9 Å². The molecule has 2 nitrogen and oxygen atoms in total. The van der Waals surface area contributed by atoms with E-state index < -0.39 is 0 Å². The molecule has 2 aromatic rings. The Morgan fingerprint density at radius 1 is 1.28 bits per heavy atom. The van der Waals surface area contributed by atoms with Crippen LogP contribution in [0.2, 0.25) is 0 Å². The van der Waals surface area contributed by atoms with Gasteiger partial charge in [-0.05, 0) is 24.3 Å². The molecule has 0 saturated carbocycles. The molecule has 2 rings (SSSR count). The zero-order valence-electron chi connectivity index (χ0n) is 11.6. The summed E-state index contributed by atoms with van der Waals surface area (Å²) < 4.78 is 1.98. The van der Waals surface area contributed by atoms with Crippen molar-refractivity contribution < 1.29 is 0 Å². The number of rotatable bonds is 3. The molecule has 0 aliphatic heterocycles. The fraction of sp³-hybridized carbons (Fsp3) is 0.533. The maximum absolute atomic E-state index is 4.64. The largest absolute Gasteiger partial charge is 0.268 e. The van der Waals surface area contributed by atoms with Crippen molar-refractivity contribution in [2.75, 3.05) is 0 Å². The first kappa shape index (κ1) is 13.6. The number of hydrogen-bond donors (Lipinski definition) is 0. The molecule has 1 unspecified atom stereocenters. The van der Waals surface area contributed by atoms with Crippen molar-refractivity contribution in [1.82, 2.24) is 9.78 Å². The Labute approximate surface area is 118 Å².